The molecule has 0 spiro atoms. The Kier molecular flexibility index (Phi) is 11.8. The van der Waals surface area contributed by atoms with Crippen LogP contribution in [0.15, 0.2) is 71.1 Å². The molecule has 0 aliphatic heterocycles. The lowest BCUT2D eigenvalue weighted by atomic mass is 9.91. The van der Waals surface area contributed by atoms with Crippen molar-refractivity contribution >= 4 is 57.0 Å². The Morgan fingerprint density at radius 2 is 1.75 bits per heavy atom. The van der Waals surface area contributed by atoms with Crippen molar-refractivity contribution in [2.45, 2.75) is 44.4 Å². The molecule has 4 rings (SSSR count). The van der Waals surface area contributed by atoms with Crippen molar-refractivity contribution in [2.24, 2.45) is 0 Å². The Morgan fingerprint density at radius 1 is 1.02 bits per heavy atom. The summed E-state index contributed by atoms with van der Waals surface area (Å²) in [6.45, 7) is -0.284. The zero-order valence-corrected chi connectivity index (χ0v) is 24.5. The van der Waals surface area contributed by atoms with Crippen LogP contribution in [0.4, 0.5) is 5.13 Å². The van der Waals surface area contributed by atoms with Gasteiger partial charge in [-0.15, -0.1) is 10.2 Å². The van der Waals surface area contributed by atoms with Gasteiger partial charge in [-0.05, 0) is 53.2 Å². The van der Waals surface area contributed by atoms with Crippen molar-refractivity contribution in [3.8, 4) is 0 Å². The van der Waals surface area contributed by atoms with Gasteiger partial charge in [-0.3, -0.25) is 20.3 Å². The minimum atomic E-state index is -0.653. The highest BCUT2D eigenvalue weighted by molar-refractivity contribution is 8.17. The van der Waals surface area contributed by atoms with Crippen LogP contribution in [0.1, 0.15) is 47.7 Å². The summed E-state index contributed by atoms with van der Waals surface area (Å²) >= 11 is 4.54. The average molecular weight is 596 g/mol. The number of aryl methyl sites for hydroxylation is 1. The van der Waals surface area contributed by atoms with E-state index < -0.39 is 5.92 Å². The minimum absolute atomic E-state index is 0.171. The van der Waals surface area contributed by atoms with E-state index in [9.17, 15) is 14.7 Å². The number of hydrogen-bond acceptors (Lipinski definition) is 9. The Balaban J connectivity index is 1.17. The predicted molar refractivity (Wildman–Crippen MR) is 165 cm³/mol. The van der Waals surface area contributed by atoms with Crippen molar-refractivity contribution in [3.63, 3.8) is 0 Å². The molecule has 0 saturated heterocycles. The molecule has 1 heterocycles. The van der Waals surface area contributed by atoms with Crippen LogP contribution in [0.2, 0.25) is 0 Å². The van der Waals surface area contributed by atoms with Gasteiger partial charge in [-0.1, -0.05) is 89.3 Å². The number of anilines is 1. The number of carbonyl (C=O) groups is 2. The highest BCUT2D eigenvalue weighted by atomic mass is 32.2. The monoisotopic (exact) mass is 595 g/mol. The molecule has 1 saturated carbocycles. The number of amides is 2. The van der Waals surface area contributed by atoms with Crippen molar-refractivity contribution in [3.05, 3.63) is 87.3 Å². The topological polar surface area (TPSA) is 128 Å². The second kappa shape index (κ2) is 15.7. The normalized spacial score (nSPS) is 13.3. The van der Waals surface area contributed by atoms with Gasteiger partial charge in [0.2, 0.25) is 16.9 Å². The maximum Gasteiger partial charge on any atom is 0.236 e. The number of hydrogen-bond donors (Lipinski definition) is 4. The van der Waals surface area contributed by atoms with E-state index in [-0.39, 0.29) is 30.0 Å². The minimum Gasteiger partial charge on any atom is -0.395 e. The summed E-state index contributed by atoms with van der Waals surface area (Å²) in [6.07, 6.45) is 5.18. The van der Waals surface area contributed by atoms with Crippen molar-refractivity contribution in [1.29, 1.82) is 5.41 Å². The molecule has 1 aliphatic carbocycles. The van der Waals surface area contributed by atoms with Gasteiger partial charge in [0.15, 0.2) is 5.17 Å². The summed E-state index contributed by atoms with van der Waals surface area (Å²) in [5.74, 6) is 0.649. The molecule has 8 nitrogen and oxygen atoms in total. The van der Waals surface area contributed by atoms with Crippen LogP contribution < -0.4 is 10.6 Å². The summed E-state index contributed by atoms with van der Waals surface area (Å²) in [6, 6.07) is 18.7. The van der Waals surface area contributed by atoms with E-state index >= 15 is 0 Å². The predicted octanol–water partition coefficient (Wildman–Crippen LogP) is 5.38. The molecule has 11 heteroatoms. The van der Waals surface area contributed by atoms with Gasteiger partial charge in [0.25, 0.3) is 0 Å². The number of aliphatic hydroxyl groups is 1. The smallest absolute Gasteiger partial charge is 0.236 e. The van der Waals surface area contributed by atoms with Crippen LogP contribution in [0.5, 0.6) is 0 Å². The molecule has 2 amide bonds. The van der Waals surface area contributed by atoms with Crippen LogP contribution in [0.3, 0.4) is 0 Å². The fraction of sp³-hybridized carbons (Fsp3) is 0.345. The van der Waals surface area contributed by atoms with E-state index in [1.807, 2.05) is 72.4 Å². The first-order chi connectivity index (χ1) is 19.5. The second-order valence-corrected chi connectivity index (χ2v) is 12.7. The fourth-order valence-corrected chi connectivity index (χ4v) is 6.94. The number of aliphatic hydroxyl groups excluding tert-OH is 1. The van der Waals surface area contributed by atoms with E-state index in [1.165, 1.54) is 40.0 Å². The molecular formula is C29H33N5O3S3. The number of rotatable bonds is 13. The second-order valence-electron chi connectivity index (χ2n) is 9.27. The first-order valence-corrected chi connectivity index (χ1v) is 16.0. The fourth-order valence-electron chi connectivity index (χ4n) is 4.08. The number of thioether (sulfide) groups is 2. The van der Waals surface area contributed by atoms with Gasteiger partial charge < -0.3 is 10.4 Å². The third-order valence-corrected chi connectivity index (χ3v) is 9.30. The number of nitrogens with zero attached hydrogens (tertiary/aromatic N) is 2. The Hall–Kier alpha value is -2.99. The van der Waals surface area contributed by atoms with Gasteiger partial charge >= 0.3 is 0 Å². The lowest BCUT2D eigenvalue weighted by Gasteiger charge is -2.22. The van der Waals surface area contributed by atoms with Crippen LogP contribution in [0.25, 0.3) is 0 Å². The summed E-state index contributed by atoms with van der Waals surface area (Å²) < 4.78 is 0. The number of allylic oxidation sites excluding steroid dienone is 2. The number of benzene rings is 2. The Labute approximate surface area is 247 Å². The van der Waals surface area contributed by atoms with Gasteiger partial charge in [0, 0.05) is 6.42 Å². The van der Waals surface area contributed by atoms with Crippen molar-refractivity contribution in [1.82, 2.24) is 15.5 Å². The Morgan fingerprint density at radius 3 is 2.42 bits per heavy atom. The molecule has 1 unspecified atom stereocenters. The van der Waals surface area contributed by atoms with E-state index in [1.54, 1.807) is 0 Å². The summed E-state index contributed by atoms with van der Waals surface area (Å²) in [7, 11) is 0. The number of nitrogens with one attached hydrogen (secondary N) is 3. The third-order valence-electron chi connectivity index (χ3n) is 6.37. The molecule has 0 bridgehead atoms. The molecule has 3 aromatic rings. The molecule has 1 atom stereocenters. The van der Waals surface area contributed by atoms with E-state index in [2.05, 4.69) is 20.8 Å². The molecule has 40 heavy (non-hydrogen) atoms. The molecule has 1 fully saturated rings. The molecule has 0 radical (unpaired) electrons. The first-order valence-electron chi connectivity index (χ1n) is 13.2. The largest absolute Gasteiger partial charge is 0.395 e. The van der Waals surface area contributed by atoms with Crippen molar-refractivity contribution < 1.29 is 14.7 Å². The van der Waals surface area contributed by atoms with Gasteiger partial charge in [-0.2, -0.15) is 11.8 Å². The molecule has 1 aromatic heterocycles. The van der Waals surface area contributed by atoms with Crippen molar-refractivity contribution in [2.75, 3.05) is 23.4 Å². The SMILES string of the molecule is N=C(NC(=O)Cc1ccccc1)SC(CCSCCc1nnc(NC(=O)C(CO)c2ccccc2)s1)=C1CCC1. The summed E-state index contributed by atoms with van der Waals surface area (Å²) in [4.78, 5) is 26.2. The average Bonchev–Trinajstić information content (AvgIpc) is 3.35. The van der Waals surface area contributed by atoms with E-state index in [4.69, 9.17) is 5.41 Å². The number of aromatic nitrogens is 2. The highest BCUT2D eigenvalue weighted by Gasteiger charge is 2.21. The quantitative estimate of drug-likeness (QED) is 0.119. The standard InChI is InChI=1S/C29H33N5O3S3/c30-28(31-25(36)18-20-8-3-1-4-9-20)39-24(22-12-7-13-22)14-16-38-17-15-26-33-34-29(40-26)32-27(37)23(19-35)21-10-5-2-6-11-21/h1-6,8-11,23,35H,7,12-19H2,(H2,30,31,36)(H,32,34,37). The molecular weight excluding hydrogens is 563 g/mol. The number of amidine groups is 1. The summed E-state index contributed by atoms with van der Waals surface area (Å²) in [5, 5.41) is 33.3. The number of carbonyl (C=O) groups excluding carboxylic acids is 2. The maximum atomic E-state index is 12.6. The molecule has 2 aromatic carbocycles. The molecule has 1 aliphatic rings. The van der Waals surface area contributed by atoms with Gasteiger partial charge in [-0.25, -0.2) is 0 Å². The van der Waals surface area contributed by atoms with Gasteiger partial charge in [0.1, 0.15) is 5.01 Å². The first kappa shape index (κ1) is 30.0. The van der Waals surface area contributed by atoms with Crippen LogP contribution >= 0.6 is 34.9 Å². The Bertz CT molecular complexity index is 1310. The maximum absolute atomic E-state index is 12.6. The third kappa shape index (κ3) is 9.29. The zero-order valence-electron chi connectivity index (χ0n) is 22.1. The lowest BCUT2D eigenvalue weighted by molar-refractivity contribution is -0.119. The van der Waals surface area contributed by atoms with Crippen LogP contribution in [0, 0.1) is 5.41 Å². The zero-order chi connectivity index (χ0) is 28.2. The molecule has 4 N–H and O–H groups in total. The highest BCUT2D eigenvalue weighted by Crippen LogP contribution is 2.36. The van der Waals surface area contributed by atoms with Crippen LogP contribution in [-0.4, -0.2) is 50.4 Å². The summed E-state index contributed by atoms with van der Waals surface area (Å²) in [5.41, 5.74) is 3.08. The van der Waals surface area contributed by atoms with Crippen LogP contribution in [-0.2, 0) is 22.4 Å². The van der Waals surface area contributed by atoms with Gasteiger partial charge in [0.05, 0.1) is 18.9 Å². The van der Waals surface area contributed by atoms with E-state index in [0.717, 1.165) is 53.3 Å². The molecule has 210 valence electrons. The van der Waals surface area contributed by atoms with E-state index in [0.29, 0.717) is 5.13 Å². The lowest BCUT2D eigenvalue weighted by Crippen LogP contribution is -2.29.